The average Bonchev–Trinajstić information content (AvgIpc) is 3.35. The van der Waals surface area contributed by atoms with Crippen LogP contribution in [0, 0.1) is 0 Å². The number of halogens is 3. The lowest BCUT2D eigenvalue weighted by Gasteiger charge is -2.16. The van der Waals surface area contributed by atoms with E-state index in [-0.39, 0.29) is 0 Å². The fourth-order valence-electron chi connectivity index (χ4n) is 4.23. The molecule has 3 rings (SSSR count). The van der Waals surface area contributed by atoms with Gasteiger partial charge in [0.15, 0.2) is 0 Å². The maximum Gasteiger partial charge on any atom is 0.416 e. The fourth-order valence-corrected chi connectivity index (χ4v) is 4.23. The molecule has 0 aliphatic heterocycles. The first-order chi connectivity index (χ1) is 17.4. The van der Waals surface area contributed by atoms with Crippen LogP contribution in [0.3, 0.4) is 0 Å². The highest BCUT2D eigenvalue weighted by atomic mass is 19.4. The number of alkyl halides is 3. The first-order valence-electron chi connectivity index (χ1n) is 12.9. The molecular formula is C28H36F3N3O2. The van der Waals surface area contributed by atoms with E-state index in [1.807, 2.05) is 24.3 Å². The summed E-state index contributed by atoms with van der Waals surface area (Å²) < 4.78 is 43.7. The van der Waals surface area contributed by atoms with Crippen LogP contribution in [-0.4, -0.2) is 15.3 Å². The normalized spacial score (nSPS) is 12.7. The lowest BCUT2D eigenvalue weighted by molar-refractivity contribution is -0.137. The molecule has 0 bridgehead atoms. The maximum absolute atomic E-state index is 12.8. The second-order valence-electron chi connectivity index (χ2n) is 9.29. The zero-order valence-electron chi connectivity index (χ0n) is 20.9. The minimum absolute atomic E-state index is 0.332. The van der Waals surface area contributed by atoms with Crippen LogP contribution >= 0.6 is 0 Å². The molecule has 0 amide bonds. The molecule has 3 aromatic rings. The molecule has 2 N–H and O–H groups in total. The van der Waals surface area contributed by atoms with Gasteiger partial charge in [-0.1, -0.05) is 99.8 Å². The van der Waals surface area contributed by atoms with Gasteiger partial charge in [-0.2, -0.15) is 23.6 Å². The predicted molar refractivity (Wildman–Crippen MR) is 133 cm³/mol. The van der Waals surface area contributed by atoms with Crippen LogP contribution in [0.5, 0.6) is 0 Å². The minimum atomic E-state index is -4.37. The number of rotatable bonds is 15. The monoisotopic (exact) mass is 503 g/mol. The molecule has 36 heavy (non-hydrogen) atoms. The third kappa shape index (κ3) is 8.75. The van der Waals surface area contributed by atoms with Gasteiger partial charge < -0.3 is 9.73 Å². The van der Waals surface area contributed by atoms with Crippen LogP contribution in [0.25, 0.3) is 11.4 Å². The van der Waals surface area contributed by atoms with Crippen molar-refractivity contribution in [3.05, 3.63) is 71.1 Å². The molecule has 0 saturated carbocycles. The van der Waals surface area contributed by atoms with Crippen molar-refractivity contribution in [2.75, 3.05) is 0 Å². The van der Waals surface area contributed by atoms with Crippen molar-refractivity contribution >= 4 is 0 Å². The Morgan fingerprint density at radius 2 is 1.47 bits per heavy atom. The molecule has 0 radical (unpaired) electrons. The van der Waals surface area contributed by atoms with E-state index in [0.717, 1.165) is 42.5 Å². The summed E-state index contributed by atoms with van der Waals surface area (Å²) in [5.41, 5.74) is 3.83. The van der Waals surface area contributed by atoms with E-state index in [9.17, 15) is 18.4 Å². The number of aromatic nitrogens is 2. The number of hydroxylamine groups is 1. The highest BCUT2D eigenvalue weighted by Gasteiger charge is 2.30. The molecule has 0 aliphatic carbocycles. The van der Waals surface area contributed by atoms with Gasteiger partial charge in [0.05, 0.1) is 11.6 Å². The van der Waals surface area contributed by atoms with Crippen LogP contribution in [0.2, 0.25) is 0 Å². The first-order valence-corrected chi connectivity index (χ1v) is 12.9. The van der Waals surface area contributed by atoms with Crippen LogP contribution in [0.1, 0.15) is 93.3 Å². The Bertz CT molecular complexity index is 1020. The van der Waals surface area contributed by atoms with Gasteiger partial charge in [-0.05, 0) is 36.1 Å². The third-order valence-electron chi connectivity index (χ3n) is 6.41. The number of hydrogen-bond acceptors (Lipinski definition) is 5. The van der Waals surface area contributed by atoms with Gasteiger partial charge in [0, 0.05) is 12.0 Å². The minimum Gasteiger partial charge on any atom is -0.339 e. The van der Waals surface area contributed by atoms with Gasteiger partial charge in [0.2, 0.25) is 11.7 Å². The molecule has 0 aliphatic rings. The van der Waals surface area contributed by atoms with E-state index in [2.05, 4.69) is 22.5 Å². The molecule has 1 unspecified atom stereocenters. The summed E-state index contributed by atoms with van der Waals surface area (Å²) in [5.74, 6) is 1.15. The van der Waals surface area contributed by atoms with Gasteiger partial charge in [-0.15, -0.1) is 0 Å². The van der Waals surface area contributed by atoms with E-state index < -0.39 is 17.8 Å². The van der Waals surface area contributed by atoms with Crippen molar-refractivity contribution in [3.8, 4) is 11.4 Å². The van der Waals surface area contributed by atoms with Crippen molar-refractivity contribution in [1.82, 2.24) is 15.6 Å². The summed E-state index contributed by atoms with van der Waals surface area (Å²) in [6, 6.07) is 11.9. The summed E-state index contributed by atoms with van der Waals surface area (Å²) >= 11 is 0. The van der Waals surface area contributed by atoms with Crippen molar-refractivity contribution < 1.29 is 22.9 Å². The number of nitrogens with zero attached hydrogens (tertiary/aromatic N) is 2. The molecule has 8 heteroatoms. The van der Waals surface area contributed by atoms with E-state index in [4.69, 9.17) is 4.52 Å². The second-order valence-corrected chi connectivity index (χ2v) is 9.29. The van der Waals surface area contributed by atoms with Gasteiger partial charge in [-0.3, -0.25) is 0 Å². The number of benzene rings is 2. The summed E-state index contributed by atoms with van der Waals surface area (Å²) in [4.78, 5) is 4.50. The Morgan fingerprint density at radius 1 is 0.861 bits per heavy atom. The molecule has 1 heterocycles. The quantitative estimate of drug-likeness (QED) is 0.162. The number of hydrogen-bond donors (Lipinski definition) is 2. The van der Waals surface area contributed by atoms with Gasteiger partial charge in [0.25, 0.3) is 0 Å². The Hall–Kier alpha value is -2.71. The zero-order valence-corrected chi connectivity index (χ0v) is 20.9. The van der Waals surface area contributed by atoms with E-state index in [1.54, 1.807) is 0 Å². The first kappa shape index (κ1) is 27.9. The molecule has 5 nitrogen and oxygen atoms in total. The zero-order chi connectivity index (χ0) is 25.8. The second kappa shape index (κ2) is 14.1. The molecule has 0 fully saturated rings. The Kier molecular flexibility index (Phi) is 10.9. The maximum atomic E-state index is 12.8. The molecule has 0 spiro atoms. The number of aryl methyl sites for hydroxylation is 1. The largest absolute Gasteiger partial charge is 0.416 e. The van der Waals surface area contributed by atoms with Gasteiger partial charge in [-0.25, -0.2) is 0 Å². The molecule has 0 saturated heterocycles. The standard InChI is InChI=1S/C28H36F3N3O2/c1-2-3-4-5-6-7-8-9-10-11-26-32-27(34-36-26)23-16-14-22(15-17-23)25(33-35)20-21-12-18-24(19-13-21)28(29,30)31/h12-19,25,33,35H,2-11,20H2,1H3. The SMILES string of the molecule is CCCCCCCCCCCc1nc(-c2ccc(C(Cc3ccc(C(F)(F)F)cc3)NO)cc2)no1. The van der Waals surface area contributed by atoms with Crippen molar-refractivity contribution in [2.45, 2.75) is 89.8 Å². The van der Waals surface area contributed by atoms with E-state index in [0.29, 0.717) is 23.7 Å². The van der Waals surface area contributed by atoms with E-state index >= 15 is 0 Å². The summed E-state index contributed by atoms with van der Waals surface area (Å²) in [6.45, 7) is 2.23. The van der Waals surface area contributed by atoms with Crippen LogP contribution in [0.4, 0.5) is 13.2 Å². The van der Waals surface area contributed by atoms with Crippen molar-refractivity contribution in [2.24, 2.45) is 0 Å². The molecule has 1 atom stereocenters. The average molecular weight is 504 g/mol. The highest BCUT2D eigenvalue weighted by Crippen LogP contribution is 2.30. The van der Waals surface area contributed by atoms with Crippen LogP contribution in [-0.2, 0) is 19.0 Å². The Labute approximate surface area is 211 Å². The number of nitrogens with one attached hydrogen (secondary N) is 1. The smallest absolute Gasteiger partial charge is 0.339 e. The van der Waals surface area contributed by atoms with Crippen molar-refractivity contribution in [3.63, 3.8) is 0 Å². The lowest BCUT2D eigenvalue weighted by Crippen LogP contribution is -2.19. The van der Waals surface area contributed by atoms with Gasteiger partial charge in [0.1, 0.15) is 0 Å². The highest BCUT2D eigenvalue weighted by molar-refractivity contribution is 5.54. The Morgan fingerprint density at radius 3 is 2.06 bits per heavy atom. The van der Waals surface area contributed by atoms with Crippen molar-refractivity contribution in [1.29, 1.82) is 0 Å². The van der Waals surface area contributed by atoms with Crippen LogP contribution < -0.4 is 5.48 Å². The fraction of sp³-hybridized carbons (Fsp3) is 0.500. The van der Waals surface area contributed by atoms with Gasteiger partial charge >= 0.3 is 6.18 Å². The number of unbranched alkanes of at least 4 members (excludes halogenated alkanes) is 8. The summed E-state index contributed by atoms with van der Waals surface area (Å²) in [5, 5.41) is 13.7. The summed E-state index contributed by atoms with van der Waals surface area (Å²) in [6.07, 6.45) is 8.06. The summed E-state index contributed by atoms with van der Waals surface area (Å²) in [7, 11) is 0. The molecule has 2 aromatic carbocycles. The predicted octanol–water partition coefficient (Wildman–Crippen LogP) is 8.09. The topological polar surface area (TPSA) is 71.2 Å². The third-order valence-corrected chi connectivity index (χ3v) is 6.41. The molecule has 1 aromatic heterocycles. The Balaban J connectivity index is 1.47. The lowest BCUT2D eigenvalue weighted by atomic mass is 9.97. The molecular weight excluding hydrogens is 467 g/mol. The van der Waals surface area contributed by atoms with Crippen LogP contribution in [0.15, 0.2) is 53.1 Å². The van der Waals surface area contributed by atoms with E-state index in [1.165, 1.54) is 57.1 Å². The molecule has 196 valence electrons.